The molecule has 0 atom stereocenters. The topological polar surface area (TPSA) is 65.0 Å². The van der Waals surface area contributed by atoms with E-state index in [0.717, 1.165) is 37.9 Å². The molecular weight excluding hydrogens is 308 g/mol. The van der Waals surface area contributed by atoms with E-state index in [1.807, 2.05) is 30.0 Å². The van der Waals surface area contributed by atoms with Gasteiger partial charge in [-0.1, -0.05) is 0 Å². The first-order valence-electron chi connectivity index (χ1n) is 8.46. The summed E-state index contributed by atoms with van der Waals surface area (Å²) in [4.78, 5) is 29.5. The van der Waals surface area contributed by atoms with Crippen LogP contribution < -0.4 is 9.80 Å². The van der Waals surface area contributed by atoms with Crippen molar-refractivity contribution in [1.82, 2.24) is 19.8 Å². The fraction of sp³-hybridized carbons (Fsp3) is 0.688. The predicted octanol–water partition coefficient (Wildman–Crippen LogP) is -0.477. The Kier molecular flexibility index (Phi) is 5.47. The Labute approximate surface area is 143 Å². The SMILES string of the molecule is CN(C)c1nccc(N2CCN(CC(=O)N3CCOCC3)CC2)n1. The Hall–Kier alpha value is -1.93. The van der Waals surface area contributed by atoms with Gasteiger partial charge in [0.1, 0.15) is 5.82 Å². The molecule has 24 heavy (non-hydrogen) atoms. The number of piperazine rings is 1. The Morgan fingerprint density at radius 1 is 1.17 bits per heavy atom. The molecule has 0 bridgehead atoms. The average molecular weight is 334 g/mol. The van der Waals surface area contributed by atoms with E-state index >= 15 is 0 Å². The van der Waals surface area contributed by atoms with Crippen molar-refractivity contribution in [2.75, 3.05) is 82.9 Å². The van der Waals surface area contributed by atoms with Gasteiger partial charge in [0.25, 0.3) is 0 Å². The maximum absolute atomic E-state index is 12.3. The second-order valence-electron chi connectivity index (χ2n) is 6.37. The third-order valence-electron chi connectivity index (χ3n) is 4.45. The molecule has 0 aliphatic carbocycles. The normalized spacial score (nSPS) is 19.4. The van der Waals surface area contributed by atoms with Crippen LogP contribution in [0.4, 0.5) is 11.8 Å². The van der Waals surface area contributed by atoms with E-state index in [0.29, 0.717) is 32.8 Å². The first-order valence-corrected chi connectivity index (χ1v) is 8.46. The molecule has 0 spiro atoms. The summed E-state index contributed by atoms with van der Waals surface area (Å²) in [5.74, 6) is 1.88. The van der Waals surface area contributed by atoms with Crippen LogP contribution in [0, 0.1) is 0 Å². The highest BCUT2D eigenvalue weighted by Crippen LogP contribution is 2.15. The van der Waals surface area contributed by atoms with Gasteiger partial charge in [-0.3, -0.25) is 9.69 Å². The third kappa shape index (κ3) is 4.12. The smallest absolute Gasteiger partial charge is 0.236 e. The van der Waals surface area contributed by atoms with E-state index in [9.17, 15) is 4.79 Å². The second kappa shape index (κ2) is 7.76. The second-order valence-corrected chi connectivity index (χ2v) is 6.37. The van der Waals surface area contributed by atoms with Crippen molar-refractivity contribution >= 4 is 17.7 Å². The number of hydrogen-bond donors (Lipinski definition) is 0. The number of amides is 1. The number of hydrogen-bond acceptors (Lipinski definition) is 7. The van der Waals surface area contributed by atoms with Gasteiger partial charge in [0.2, 0.25) is 11.9 Å². The first-order chi connectivity index (χ1) is 11.6. The largest absolute Gasteiger partial charge is 0.378 e. The van der Waals surface area contributed by atoms with Crippen molar-refractivity contribution in [2.24, 2.45) is 0 Å². The minimum Gasteiger partial charge on any atom is -0.378 e. The third-order valence-corrected chi connectivity index (χ3v) is 4.45. The highest BCUT2D eigenvalue weighted by molar-refractivity contribution is 5.78. The Balaban J connectivity index is 1.50. The van der Waals surface area contributed by atoms with Crippen molar-refractivity contribution in [3.8, 4) is 0 Å². The molecule has 2 saturated heterocycles. The lowest BCUT2D eigenvalue weighted by atomic mass is 10.3. The molecule has 3 heterocycles. The summed E-state index contributed by atoms with van der Waals surface area (Å²) in [6.07, 6.45) is 1.80. The molecule has 1 aromatic rings. The molecule has 0 aromatic carbocycles. The van der Waals surface area contributed by atoms with Crippen LogP contribution in [-0.4, -0.2) is 98.8 Å². The van der Waals surface area contributed by atoms with Gasteiger partial charge in [-0.05, 0) is 6.07 Å². The number of aromatic nitrogens is 2. The quantitative estimate of drug-likeness (QED) is 0.737. The minimum absolute atomic E-state index is 0.212. The van der Waals surface area contributed by atoms with E-state index in [1.165, 1.54) is 0 Å². The van der Waals surface area contributed by atoms with Gasteiger partial charge in [-0.2, -0.15) is 4.98 Å². The van der Waals surface area contributed by atoms with Crippen molar-refractivity contribution in [2.45, 2.75) is 0 Å². The number of morpholine rings is 1. The summed E-state index contributed by atoms with van der Waals surface area (Å²) in [6, 6.07) is 1.95. The van der Waals surface area contributed by atoms with Gasteiger partial charge in [0.05, 0.1) is 19.8 Å². The maximum atomic E-state index is 12.3. The molecule has 1 aromatic heterocycles. The molecule has 2 fully saturated rings. The van der Waals surface area contributed by atoms with Gasteiger partial charge in [0, 0.05) is 59.6 Å². The van der Waals surface area contributed by atoms with Crippen LogP contribution in [0.2, 0.25) is 0 Å². The Morgan fingerprint density at radius 3 is 2.54 bits per heavy atom. The van der Waals surface area contributed by atoms with E-state index in [1.54, 1.807) is 6.20 Å². The molecule has 0 saturated carbocycles. The summed E-state index contributed by atoms with van der Waals surface area (Å²) < 4.78 is 5.30. The maximum Gasteiger partial charge on any atom is 0.236 e. The molecule has 0 unspecified atom stereocenters. The number of nitrogens with zero attached hydrogens (tertiary/aromatic N) is 6. The zero-order valence-electron chi connectivity index (χ0n) is 14.5. The first kappa shape index (κ1) is 16.9. The van der Waals surface area contributed by atoms with Crippen LogP contribution in [-0.2, 0) is 9.53 Å². The van der Waals surface area contributed by atoms with Gasteiger partial charge in [-0.15, -0.1) is 0 Å². The Bertz CT molecular complexity index is 553. The monoisotopic (exact) mass is 334 g/mol. The summed E-state index contributed by atoms with van der Waals surface area (Å²) >= 11 is 0. The molecule has 1 amide bonds. The van der Waals surface area contributed by atoms with Crippen molar-refractivity contribution in [3.05, 3.63) is 12.3 Å². The highest BCUT2D eigenvalue weighted by atomic mass is 16.5. The molecule has 2 aliphatic heterocycles. The van der Waals surface area contributed by atoms with Gasteiger partial charge in [-0.25, -0.2) is 4.98 Å². The fourth-order valence-electron chi connectivity index (χ4n) is 2.97. The summed E-state index contributed by atoms with van der Waals surface area (Å²) in [6.45, 7) is 6.73. The van der Waals surface area contributed by atoms with E-state index < -0.39 is 0 Å². The zero-order chi connectivity index (χ0) is 16.9. The average Bonchev–Trinajstić information content (AvgIpc) is 2.63. The van der Waals surface area contributed by atoms with Crippen LogP contribution in [0.5, 0.6) is 0 Å². The predicted molar refractivity (Wildman–Crippen MR) is 92.4 cm³/mol. The standard InChI is InChI=1S/C16H26N6O2/c1-19(2)16-17-4-3-14(18-16)21-7-5-20(6-8-21)13-15(23)22-9-11-24-12-10-22/h3-4H,5-13H2,1-2H3. The Morgan fingerprint density at radius 2 is 1.88 bits per heavy atom. The number of rotatable bonds is 4. The summed E-state index contributed by atoms with van der Waals surface area (Å²) in [5, 5.41) is 0. The van der Waals surface area contributed by atoms with E-state index in [-0.39, 0.29) is 5.91 Å². The van der Waals surface area contributed by atoms with Crippen molar-refractivity contribution in [1.29, 1.82) is 0 Å². The molecule has 0 N–H and O–H groups in total. The van der Waals surface area contributed by atoms with Crippen LogP contribution >= 0.6 is 0 Å². The lowest BCUT2D eigenvalue weighted by Crippen LogP contribution is -2.51. The minimum atomic E-state index is 0.212. The zero-order valence-corrected chi connectivity index (χ0v) is 14.5. The molecule has 2 aliphatic rings. The highest BCUT2D eigenvalue weighted by Gasteiger charge is 2.23. The number of ether oxygens (including phenoxy) is 1. The van der Waals surface area contributed by atoms with Crippen LogP contribution in [0.1, 0.15) is 0 Å². The summed E-state index contributed by atoms with van der Waals surface area (Å²) in [7, 11) is 3.88. The van der Waals surface area contributed by atoms with Crippen molar-refractivity contribution < 1.29 is 9.53 Å². The fourth-order valence-corrected chi connectivity index (χ4v) is 2.97. The number of anilines is 2. The molecule has 0 radical (unpaired) electrons. The van der Waals surface area contributed by atoms with Gasteiger partial charge >= 0.3 is 0 Å². The number of carbonyl (C=O) groups excluding carboxylic acids is 1. The molecule has 132 valence electrons. The summed E-state index contributed by atoms with van der Waals surface area (Å²) in [5.41, 5.74) is 0. The van der Waals surface area contributed by atoms with Crippen LogP contribution in [0.3, 0.4) is 0 Å². The van der Waals surface area contributed by atoms with E-state index in [2.05, 4.69) is 19.8 Å². The van der Waals surface area contributed by atoms with Gasteiger partial charge < -0.3 is 19.4 Å². The van der Waals surface area contributed by atoms with Gasteiger partial charge in [0.15, 0.2) is 0 Å². The van der Waals surface area contributed by atoms with E-state index in [4.69, 9.17) is 4.74 Å². The van der Waals surface area contributed by atoms with Crippen LogP contribution in [0.25, 0.3) is 0 Å². The van der Waals surface area contributed by atoms with Crippen LogP contribution in [0.15, 0.2) is 12.3 Å². The molecule has 3 rings (SSSR count). The number of carbonyl (C=O) groups is 1. The van der Waals surface area contributed by atoms with Crippen molar-refractivity contribution in [3.63, 3.8) is 0 Å². The lowest BCUT2D eigenvalue weighted by Gasteiger charge is -2.36. The molecular formula is C16H26N6O2. The molecule has 8 nitrogen and oxygen atoms in total. The molecule has 8 heteroatoms. The lowest BCUT2D eigenvalue weighted by molar-refractivity contribution is -0.136.